The van der Waals surface area contributed by atoms with E-state index in [0.29, 0.717) is 6.54 Å². The van der Waals surface area contributed by atoms with E-state index in [9.17, 15) is 9.18 Å². The van der Waals surface area contributed by atoms with Crippen molar-refractivity contribution in [1.82, 2.24) is 4.90 Å². The molecule has 14 heavy (non-hydrogen) atoms. The van der Waals surface area contributed by atoms with Crippen molar-refractivity contribution in [2.75, 3.05) is 0 Å². The van der Waals surface area contributed by atoms with Crippen molar-refractivity contribution >= 4 is 6.16 Å². The summed E-state index contributed by atoms with van der Waals surface area (Å²) in [7, 11) is 0. The Hall–Kier alpha value is -1.38. The molecule has 0 aliphatic carbocycles. The summed E-state index contributed by atoms with van der Waals surface area (Å²) in [5.74, 6) is 0. The molecular formula is C11H14FNO. The first-order valence-corrected chi connectivity index (χ1v) is 4.61. The first-order valence-electron chi connectivity index (χ1n) is 4.61. The van der Waals surface area contributed by atoms with Crippen LogP contribution >= 0.6 is 0 Å². The average Bonchev–Trinajstić information content (AvgIpc) is 2.15. The summed E-state index contributed by atoms with van der Waals surface area (Å²) in [6.07, 6.45) is -1.37. The first kappa shape index (κ1) is 10.7. The third-order valence-electron chi connectivity index (χ3n) is 2.04. The lowest BCUT2D eigenvalue weighted by Crippen LogP contribution is -2.32. The zero-order valence-corrected chi connectivity index (χ0v) is 8.40. The van der Waals surface area contributed by atoms with E-state index in [1.165, 1.54) is 4.90 Å². The Morgan fingerprint density at radius 2 is 1.93 bits per heavy atom. The number of carbonyl (C=O) groups is 1. The second kappa shape index (κ2) is 4.74. The van der Waals surface area contributed by atoms with Crippen molar-refractivity contribution in [3.8, 4) is 0 Å². The van der Waals surface area contributed by atoms with E-state index in [4.69, 9.17) is 0 Å². The van der Waals surface area contributed by atoms with E-state index in [1.54, 1.807) is 13.8 Å². The summed E-state index contributed by atoms with van der Waals surface area (Å²) in [5.41, 5.74) is 0.937. The van der Waals surface area contributed by atoms with Gasteiger partial charge in [0.25, 0.3) is 0 Å². The van der Waals surface area contributed by atoms with Crippen molar-refractivity contribution in [2.45, 2.75) is 26.4 Å². The lowest BCUT2D eigenvalue weighted by atomic mass is 10.2. The van der Waals surface area contributed by atoms with E-state index >= 15 is 0 Å². The van der Waals surface area contributed by atoms with Crippen LogP contribution in [0.1, 0.15) is 19.4 Å². The Kier molecular flexibility index (Phi) is 3.63. The number of halogens is 1. The number of amides is 1. The molecule has 0 fully saturated rings. The number of nitrogens with zero attached hydrogens (tertiary/aromatic N) is 1. The van der Waals surface area contributed by atoms with E-state index in [-0.39, 0.29) is 6.04 Å². The van der Waals surface area contributed by atoms with E-state index in [1.807, 2.05) is 30.3 Å². The van der Waals surface area contributed by atoms with E-state index in [2.05, 4.69) is 0 Å². The van der Waals surface area contributed by atoms with Crippen LogP contribution in [0, 0.1) is 0 Å². The molecule has 0 heterocycles. The van der Waals surface area contributed by atoms with Crippen molar-refractivity contribution in [1.29, 1.82) is 0 Å². The monoisotopic (exact) mass is 195 g/mol. The quantitative estimate of drug-likeness (QED) is 0.536. The molecule has 1 amide bonds. The Morgan fingerprint density at radius 1 is 1.36 bits per heavy atom. The van der Waals surface area contributed by atoms with Crippen LogP contribution in [0.3, 0.4) is 0 Å². The molecule has 0 saturated heterocycles. The van der Waals surface area contributed by atoms with Gasteiger partial charge < -0.3 is 4.90 Å². The van der Waals surface area contributed by atoms with Gasteiger partial charge in [0.2, 0.25) is 0 Å². The predicted octanol–water partition coefficient (Wildman–Crippen LogP) is 2.99. The fourth-order valence-electron chi connectivity index (χ4n) is 1.23. The number of benzene rings is 1. The third kappa shape index (κ3) is 2.83. The molecule has 0 bridgehead atoms. The summed E-state index contributed by atoms with van der Waals surface area (Å²) in [5, 5.41) is 0. The maximum absolute atomic E-state index is 12.6. The largest absolute Gasteiger partial charge is 0.400 e. The highest BCUT2D eigenvalue weighted by Crippen LogP contribution is 2.09. The van der Waals surface area contributed by atoms with Gasteiger partial charge in [-0.15, -0.1) is 4.39 Å². The first-order chi connectivity index (χ1) is 6.61. The molecule has 0 unspecified atom stereocenters. The molecular weight excluding hydrogens is 181 g/mol. The Morgan fingerprint density at radius 3 is 2.36 bits per heavy atom. The zero-order chi connectivity index (χ0) is 10.6. The van der Waals surface area contributed by atoms with Crippen LogP contribution < -0.4 is 0 Å². The van der Waals surface area contributed by atoms with E-state index in [0.717, 1.165) is 5.56 Å². The zero-order valence-electron chi connectivity index (χ0n) is 8.40. The highest BCUT2D eigenvalue weighted by molar-refractivity contribution is 5.66. The third-order valence-corrected chi connectivity index (χ3v) is 2.04. The van der Waals surface area contributed by atoms with Crippen LogP contribution in [-0.2, 0) is 6.54 Å². The highest BCUT2D eigenvalue weighted by atomic mass is 19.1. The lowest BCUT2D eigenvalue weighted by Gasteiger charge is -2.22. The summed E-state index contributed by atoms with van der Waals surface area (Å²) < 4.78 is 12.6. The molecule has 0 N–H and O–H groups in total. The van der Waals surface area contributed by atoms with Gasteiger partial charge in [0.05, 0.1) is 0 Å². The van der Waals surface area contributed by atoms with Crippen LogP contribution in [0.5, 0.6) is 0 Å². The molecule has 0 spiro atoms. The van der Waals surface area contributed by atoms with Gasteiger partial charge in [0.1, 0.15) is 0 Å². The smallest absolute Gasteiger partial charge is 0.308 e. The van der Waals surface area contributed by atoms with Crippen LogP contribution in [0.25, 0.3) is 0 Å². The Labute approximate surface area is 83.3 Å². The van der Waals surface area contributed by atoms with Crippen molar-refractivity contribution in [3.63, 3.8) is 0 Å². The van der Waals surface area contributed by atoms with Crippen LogP contribution in [-0.4, -0.2) is 17.1 Å². The maximum atomic E-state index is 12.6. The topological polar surface area (TPSA) is 20.3 Å². The van der Waals surface area contributed by atoms with Crippen LogP contribution in [0.4, 0.5) is 9.18 Å². The van der Waals surface area contributed by atoms with Crippen LogP contribution in [0.2, 0.25) is 0 Å². The minimum atomic E-state index is -1.37. The van der Waals surface area contributed by atoms with Gasteiger partial charge in [-0.1, -0.05) is 30.3 Å². The van der Waals surface area contributed by atoms with Gasteiger partial charge >= 0.3 is 6.16 Å². The molecule has 1 rings (SSSR count). The molecule has 0 radical (unpaired) electrons. The predicted molar refractivity (Wildman–Crippen MR) is 53.6 cm³/mol. The minimum absolute atomic E-state index is 0.118. The second-order valence-electron chi connectivity index (χ2n) is 3.46. The van der Waals surface area contributed by atoms with Crippen molar-refractivity contribution in [3.05, 3.63) is 35.9 Å². The molecule has 2 nitrogen and oxygen atoms in total. The molecule has 0 aliphatic heterocycles. The van der Waals surface area contributed by atoms with Crippen molar-refractivity contribution < 1.29 is 9.18 Å². The molecule has 1 aromatic rings. The number of hydrogen-bond acceptors (Lipinski definition) is 1. The molecule has 0 aromatic heterocycles. The molecule has 0 saturated carbocycles. The molecule has 0 aliphatic rings. The molecule has 76 valence electrons. The summed E-state index contributed by atoms with van der Waals surface area (Å²) in [6.45, 7) is 3.91. The number of hydrogen-bond donors (Lipinski definition) is 0. The van der Waals surface area contributed by atoms with Gasteiger partial charge in [-0.25, -0.2) is 4.79 Å². The summed E-state index contributed by atoms with van der Waals surface area (Å²) >= 11 is 0. The molecule has 0 atom stereocenters. The highest BCUT2D eigenvalue weighted by Gasteiger charge is 2.15. The standard InChI is InChI=1S/C11H14FNO/c1-9(2)13(11(12)14)8-10-6-4-3-5-7-10/h3-7,9H,8H2,1-2H3. The van der Waals surface area contributed by atoms with Gasteiger partial charge in [0, 0.05) is 12.6 Å². The molecule has 1 aromatic carbocycles. The van der Waals surface area contributed by atoms with Crippen molar-refractivity contribution in [2.24, 2.45) is 0 Å². The summed E-state index contributed by atoms with van der Waals surface area (Å²) in [4.78, 5) is 11.8. The Bertz CT molecular complexity index is 297. The average molecular weight is 195 g/mol. The normalized spacial score (nSPS) is 10.3. The van der Waals surface area contributed by atoms with Gasteiger partial charge in [0.15, 0.2) is 0 Å². The summed E-state index contributed by atoms with van der Waals surface area (Å²) in [6, 6.07) is 9.26. The lowest BCUT2D eigenvalue weighted by molar-refractivity contribution is 0.156. The van der Waals surface area contributed by atoms with Gasteiger partial charge in [-0.3, -0.25) is 0 Å². The fraction of sp³-hybridized carbons (Fsp3) is 0.364. The minimum Gasteiger partial charge on any atom is -0.308 e. The number of carbonyl (C=O) groups excluding carboxylic acids is 1. The number of rotatable bonds is 3. The van der Waals surface area contributed by atoms with E-state index < -0.39 is 6.16 Å². The maximum Gasteiger partial charge on any atom is 0.400 e. The van der Waals surface area contributed by atoms with Crippen LogP contribution in [0.15, 0.2) is 30.3 Å². The SMILES string of the molecule is CC(C)N(Cc1ccccc1)C(=O)F. The fourth-order valence-corrected chi connectivity index (χ4v) is 1.23. The second-order valence-corrected chi connectivity index (χ2v) is 3.46. The Balaban J connectivity index is 2.70. The molecule has 3 heteroatoms. The van der Waals surface area contributed by atoms with Gasteiger partial charge in [-0.2, -0.15) is 0 Å². The van der Waals surface area contributed by atoms with Gasteiger partial charge in [-0.05, 0) is 19.4 Å².